The number of hydrogen-bond acceptors (Lipinski definition) is 4. The van der Waals surface area contributed by atoms with Gasteiger partial charge in [0.15, 0.2) is 11.6 Å². The summed E-state index contributed by atoms with van der Waals surface area (Å²) in [4.78, 5) is 17.7. The molecule has 9 aromatic rings. The summed E-state index contributed by atoms with van der Waals surface area (Å²) in [5, 5.41) is 0. The Morgan fingerprint density at radius 2 is 0.710 bits per heavy atom. The summed E-state index contributed by atoms with van der Waals surface area (Å²) in [5.74, 6) is 1.76. The largest absolute Gasteiger partial charge is 0.279 e. The van der Waals surface area contributed by atoms with Gasteiger partial charge in [0.05, 0.1) is 0 Å². The van der Waals surface area contributed by atoms with E-state index in [1.807, 2.05) is 36.4 Å². The van der Waals surface area contributed by atoms with E-state index in [-0.39, 0.29) is 6.71 Å². The smallest absolute Gasteiger partial charge is 0.242 e. The second-order valence-electron chi connectivity index (χ2n) is 16.5. The van der Waals surface area contributed by atoms with Gasteiger partial charge in [-0.2, -0.15) is 9.97 Å². The van der Waals surface area contributed by atoms with Crippen LogP contribution in [0.4, 0.5) is 17.3 Å². The molecule has 1 heterocycles. The van der Waals surface area contributed by atoms with E-state index in [1.54, 1.807) is 0 Å². The minimum Gasteiger partial charge on any atom is -0.279 e. The van der Waals surface area contributed by atoms with E-state index < -0.39 is 0 Å². The number of rotatable bonds is 10. The topological polar surface area (TPSA) is 41.9 Å². The molecule has 0 bridgehead atoms. The van der Waals surface area contributed by atoms with E-state index >= 15 is 0 Å². The monoisotopic (exact) mass is 800 g/mol. The van der Waals surface area contributed by atoms with E-state index in [4.69, 9.17) is 15.0 Å². The highest BCUT2D eigenvalue weighted by Gasteiger charge is 2.29. The summed E-state index contributed by atoms with van der Waals surface area (Å²) in [7, 11) is 0. The van der Waals surface area contributed by atoms with Crippen molar-refractivity contribution in [3.05, 3.63) is 221 Å². The Morgan fingerprint density at radius 1 is 0.355 bits per heavy atom. The molecule has 300 valence electrons. The van der Waals surface area contributed by atoms with Gasteiger partial charge in [-0.25, -0.2) is 4.98 Å². The summed E-state index contributed by atoms with van der Waals surface area (Å²) >= 11 is 0. The number of aromatic nitrogens is 3. The molecule has 0 saturated heterocycles. The number of aryl methyl sites for hydroxylation is 6. The van der Waals surface area contributed by atoms with Gasteiger partial charge in [-0.15, -0.1) is 0 Å². The standard InChI is InChI=1S/C57H49BN4/c1-38-34-40(3)53(41(4)35-38)58(54-42(5)36-39(2)37-43(54)6)48-28-32-50(33-29-48)62(49-30-26-45(27-31-49)52-25-17-16-24-51(52)44-18-10-7-11-19-44)57-60-55(46-20-12-8-13-21-46)59-56(61-57)47-22-14-9-15-23-47/h7-37H,1-6H3. The highest BCUT2D eigenvalue weighted by Crippen LogP contribution is 2.37. The quantitative estimate of drug-likeness (QED) is 0.129. The summed E-state index contributed by atoms with van der Waals surface area (Å²) in [6, 6.07) is 66.6. The maximum Gasteiger partial charge on any atom is 0.242 e. The number of nitrogens with zero attached hydrogens (tertiary/aromatic N) is 4. The van der Waals surface area contributed by atoms with Gasteiger partial charge in [-0.05, 0) is 88.1 Å². The molecule has 0 saturated carbocycles. The van der Waals surface area contributed by atoms with Crippen molar-refractivity contribution in [2.45, 2.75) is 41.5 Å². The van der Waals surface area contributed by atoms with E-state index in [0.29, 0.717) is 17.6 Å². The van der Waals surface area contributed by atoms with E-state index in [2.05, 4.69) is 198 Å². The van der Waals surface area contributed by atoms with Crippen molar-refractivity contribution in [1.29, 1.82) is 0 Å². The van der Waals surface area contributed by atoms with Crippen LogP contribution in [0.15, 0.2) is 188 Å². The highest BCUT2D eigenvalue weighted by molar-refractivity contribution is 6.96. The van der Waals surface area contributed by atoms with Gasteiger partial charge in [0.25, 0.3) is 0 Å². The molecule has 8 aromatic carbocycles. The van der Waals surface area contributed by atoms with Crippen LogP contribution >= 0.6 is 0 Å². The fourth-order valence-electron chi connectivity index (χ4n) is 9.26. The Hall–Kier alpha value is -7.37. The van der Waals surface area contributed by atoms with Crippen LogP contribution in [-0.4, -0.2) is 21.7 Å². The average molecular weight is 801 g/mol. The van der Waals surface area contributed by atoms with Crippen LogP contribution in [0.25, 0.3) is 45.0 Å². The molecule has 0 atom stereocenters. The number of hydrogen-bond donors (Lipinski definition) is 0. The molecule has 0 aliphatic rings. The third-order valence-electron chi connectivity index (χ3n) is 11.9. The molecular weight excluding hydrogens is 751 g/mol. The molecule has 0 aliphatic heterocycles. The van der Waals surface area contributed by atoms with Crippen molar-refractivity contribution in [2.24, 2.45) is 0 Å². The first-order valence-corrected chi connectivity index (χ1v) is 21.4. The summed E-state index contributed by atoms with van der Waals surface area (Å²) < 4.78 is 0. The third kappa shape index (κ3) is 8.10. The fourth-order valence-corrected chi connectivity index (χ4v) is 9.26. The number of anilines is 3. The third-order valence-corrected chi connectivity index (χ3v) is 11.9. The predicted molar refractivity (Wildman–Crippen MR) is 262 cm³/mol. The Balaban J connectivity index is 1.22. The van der Waals surface area contributed by atoms with Crippen molar-refractivity contribution in [1.82, 2.24) is 15.0 Å². The zero-order valence-electron chi connectivity index (χ0n) is 36.3. The van der Waals surface area contributed by atoms with Crippen LogP contribution in [0.3, 0.4) is 0 Å². The van der Waals surface area contributed by atoms with Crippen LogP contribution in [0, 0.1) is 41.5 Å². The van der Waals surface area contributed by atoms with E-state index in [9.17, 15) is 0 Å². The van der Waals surface area contributed by atoms with Crippen molar-refractivity contribution < 1.29 is 0 Å². The summed E-state index contributed by atoms with van der Waals surface area (Å²) in [6.45, 7) is 13.5. The molecule has 0 N–H and O–H groups in total. The predicted octanol–water partition coefficient (Wildman–Crippen LogP) is 12.4. The second kappa shape index (κ2) is 17.3. The van der Waals surface area contributed by atoms with Crippen LogP contribution in [0.5, 0.6) is 0 Å². The molecule has 0 amide bonds. The van der Waals surface area contributed by atoms with Gasteiger partial charge in [-0.3, -0.25) is 4.90 Å². The first-order chi connectivity index (χ1) is 30.2. The minimum absolute atomic E-state index is 0.0502. The second-order valence-corrected chi connectivity index (χ2v) is 16.5. The number of benzene rings is 8. The molecule has 4 nitrogen and oxygen atoms in total. The molecule has 0 fully saturated rings. The minimum atomic E-state index is 0.0502. The first-order valence-electron chi connectivity index (χ1n) is 21.4. The lowest BCUT2D eigenvalue weighted by Gasteiger charge is -2.27. The molecule has 1 aromatic heterocycles. The van der Waals surface area contributed by atoms with Crippen LogP contribution in [-0.2, 0) is 0 Å². The molecule has 5 heteroatoms. The lowest BCUT2D eigenvalue weighted by molar-refractivity contribution is 1.02. The maximum atomic E-state index is 5.24. The van der Waals surface area contributed by atoms with Gasteiger partial charge in [0.2, 0.25) is 12.7 Å². The zero-order valence-corrected chi connectivity index (χ0v) is 36.3. The first kappa shape index (κ1) is 40.1. The van der Waals surface area contributed by atoms with Crippen LogP contribution in [0.1, 0.15) is 33.4 Å². The molecular formula is C57H49BN4. The normalized spacial score (nSPS) is 11.1. The molecule has 0 unspecified atom stereocenters. The zero-order chi connectivity index (χ0) is 42.7. The van der Waals surface area contributed by atoms with E-state index in [1.165, 1.54) is 66.5 Å². The van der Waals surface area contributed by atoms with Crippen molar-refractivity contribution in [2.75, 3.05) is 4.90 Å². The van der Waals surface area contributed by atoms with Gasteiger partial charge in [0, 0.05) is 22.5 Å². The lowest BCUT2D eigenvalue weighted by atomic mass is 9.34. The Bertz CT molecular complexity index is 2840. The van der Waals surface area contributed by atoms with Gasteiger partial charge in [-0.1, -0.05) is 214 Å². The van der Waals surface area contributed by atoms with Crippen molar-refractivity contribution >= 4 is 40.4 Å². The summed E-state index contributed by atoms with van der Waals surface area (Å²) in [5.41, 5.74) is 20.1. The van der Waals surface area contributed by atoms with Gasteiger partial charge in [0.1, 0.15) is 0 Å². The fraction of sp³-hybridized carbons (Fsp3) is 0.105. The van der Waals surface area contributed by atoms with Crippen LogP contribution < -0.4 is 21.3 Å². The Morgan fingerprint density at radius 3 is 1.13 bits per heavy atom. The van der Waals surface area contributed by atoms with Crippen LogP contribution in [0.2, 0.25) is 0 Å². The molecule has 0 radical (unpaired) electrons. The summed E-state index contributed by atoms with van der Waals surface area (Å²) in [6.07, 6.45) is 0. The Labute approximate surface area is 366 Å². The van der Waals surface area contributed by atoms with Crippen molar-refractivity contribution in [3.63, 3.8) is 0 Å². The molecule has 62 heavy (non-hydrogen) atoms. The van der Waals surface area contributed by atoms with E-state index in [0.717, 1.165) is 28.1 Å². The molecule has 0 spiro atoms. The Kier molecular flexibility index (Phi) is 11.2. The lowest BCUT2D eigenvalue weighted by Crippen LogP contribution is -2.55. The van der Waals surface area contributed by atoms with Crippen molar-refractivity contribution in [3.8, 4) is 45.0 Å². The highest BCUT2D eigenvalue weighted by atomic mass is 15.3. The SMILES string of the molecule is Cc1cc(C)c(B(c2ccc(N(c3ccc(-c4ccccc4-c4ccccc4)cc3)c3nc(-c4ccccc4)nc(-c4ccccc4)n3)cc2)c2c(C)cc(C)cc2C)c(C)c1. The van der Waals surface area contributed by atoms with Gasteiger partial charge < -0.3 is 0 Å². The average Bonchev–Trinajstić information content (AvgIpc) is 3.29. The van der Waals surface area contributed by atoms with Gasteiger partial charge >= 0.3 is 0 Å². The molecule has 0 aliphatic carbocycles. The maximum absolute atomic E-state index is 5.24. The molecule has 9 rings (SSSR count).